The van der Waals surface area contributed by atoms with Crippen molar-refractivity contribution in [1.82, 2.24) is 10.4 Å². The number of aromatic nitrogens is 1. The molecule has 2 unspecified atom stereocenters. The Morgan fingerprint density at radius 3 is 2.95 bits per heavy atom. The fraction of sp³-hybridized carbons (Fsp3) is 0.214. The number of hydrogen-bond donors (Lipinski definition) is 2. The molecule has 0 amide bonds. The molecule has 2 aromatic rings. The van der Waals surface area contributed by atoms with Crippen LogP contribution in [0.3, 0.4) is 0 Å². The Kier molecular flexibility index (Phi) is 3.50. The van der Waals surface area contributed by atoms with Crippen LogP contribution in [0.2, 0.25) is 0 Å². The van der Waals surface area contributed by atoms with Crippen LogP contribution >= 0.6 is 11.8 Å². The topological polar surface area (TPSA) is 50.9 Å². The van der Waals surface area contributed by atoms with E-state index in [1.807, 2.05) is 12.1 Å². The lowest BCUT2D eigenvalue weighted by molar-refractivity contribution is 0.496. The number of nitrogens with zero attached hydrogens (tertiary/aromatic N) is 1. The molecule has 0 fully saturated rings. The number of thioether (sulfide) groups is 1. The Bertz CT molecular complexity index is 565. The summed E-state index contributed by atoms with van der Waals surface area (Å²) in [6.45, 7) is 0. The Morgan fingerprint density at radius 1 is 1.37 bits per heavy atom. The van der Waals surface area contributed by atoms with Crippen LogP contribution in [0.15, 0.2) is 47.6 Å². The van der Waals surface area contributed by atoms with Gasteiger partial charge in [0.05, 0.1) is 12.2 Å². The van der Waals surface area contributed by atoms with Gasteiger partial charge in [0.2, 0.25) is 0 Å². The summed E-state index contributed by atoms with van der Waals surface area (Å²) in [7, 11) is 0. The van der Waals surface area contributed by atoms with E-state index >= 15 is 0 Å². The van der Waals surface area contributed by atoms with Gasteiger partial charge >= 0.3 is 0 Å². The highest BCUT2D eigenvalue weighted by molar-refractivity contribution is 8.00. The third kappa shape index (κ3) is 2.36. The first-order chi connectivity index (χ1) is 9.29. The fourth-order valence-electron chi connectivity index (χ4n) is 2.43. The van der Waals surface area contributed by atoms with Crippen LogP contribution in [-0.2, 0) is 6.42 Å². The van der Waals surface area contributed by atoms with Crippen LogP contribution in [0.1, 0.15) is 17.2 Å². The van der Waals surface area contributed by atoms with Crippen LogP contribution in [0.25, 0.3) is 0 Å². The predicted molar refractivity (Wildman–Crippen MR) is 74.1 cm³/mol. The van der Waals surface area contributed by atoms with Crippen molar-refractivity contribution in [2.45, 2.75) is 22.6 Å². The lowest BCUT2D eigenvalue weighted by Gasteiger charge is -2.22. The van der Waals surface area contributed by atoms with Crippen molar-refractivity contribution in [3.8, 4) is 0 Å². The van der Waals surface area contributed by atoms with Gasteiger partial charge in [0.25, 0.3) is 0 Å². The van der Waals surface area contributed by atoms with E-state index in [4.69, 9.17) is 5.84 Å². The van der Waals surface area contributed by atoms with Crippen molar-refractivity contribution in [1.29, 1.82) is 0 Å². The van der Waals surface area contributed by atoms with Crippen LogP contribution in [0, 0.1) is 5.82 Å². The minimum atomic E-state index is -0.318. The first-order valence-electron chi connectivity index (χ1n) is 6.09. The van der Waals surface area contributed by atoms with Gasteiger partial charge in [0.1, 0.15) is 5.82 Å². The number of pyridine rings is 1. The van der Waals surface area contributed by atoms with Gasteiger partial charge in [-0.3, -0.25) is 16.3 Å². The Balaban J connectivity index is 1.88. The standard InChI is InChI=1S/C14H14FN3S/c15-11-8-17-6-5-10(11)14(18-16)13-7-9-3-1-2-4-12(9)19-13/h1-6,8,13-14,18H,7,16H2. The van der Waals surface area contributed by atoms with Gasteiger partial charge in [0.15, 0.2) is 0 Å². The average molecular weight is 275 g/mol. The monoisotopic (exact) mass is 275 g/mol. The lowest BCUT2D eigenvalue weighted by Crippen LogP contribution is -2.35. The van der Waals surface area contributed by atoms with Crippen LogP contribution in [0.4, 0.5) is 4.39 Å². The summed E-state index contributed by atoms with van der Waals surface area (Å²) in [4.78, 5) is 5.03. The largest absolute Gasteiger partial charge is 0.271 e. The summed E-state index contributed by atoms with van der Waals surface area (Å²) in [5.74, 6) is 5.32. The number of halogens is 1. The summed E-state index contributed by atoms with van der Waals surface area (Å²) in [5.41, 5.74) is 4.62. The van der Waals surface area contributed by atoms with Gasteiger partial charge < -0.3 is 0 Å². The molecule has 19 heavy (non-hydrogen) atoms. The highest BCUT2D eigenvalue weighted by atomic mass is 32.2. The van der Waals surface area contributed by atoms with E-state index in [2.05, 4.69) is 22.5 Å². The predicted octanol–water partition coefficient (Wildman–Crippen LogP) is 2.44. The second-order valence-electron chi connectivity index (χ2n) is 4.51. The van der Waals surface area contributed by atoms with E-state index in [0.717, 1.165) is 6.42 Å². The number of fused-ring (bicyclic) bond motifs is 1. The third-order valence-electron chi connectivity index (χ3n) is 3.36. The highest BCUT2D eigenvalue weighted by Gasteiger charge is 2.31. The zero-order chi connectivity index (χ0) is 13.2. The smallest absolute Gasteiger partial charge is 0.146 e. The molecule has 0 radical (unpaired) electrons. The summed E-state index contributed by atoms with van der Waals surface area (Å²) >= 11 is 1.74. The van der Waals surface area contributed by atoms with Gasteiger partial charge in [-0.05, 0) is 24.1 Å². The molecule has 1 aromatic heterocycles. The molecule has 98 valence electrons. The number of hydrogen-bond acceptors (Lipinski definition) is 4. The minimum Gasteiger partial charge on any atom is -0.271 e. The molecule has 5 heteroatoms. The lowest BCUT2D eigenvalue weighted by atomic mass is 10.00. The van der Waals surface area contributed by atoms with E-state index in [-0.39, 0.29) is 17.1 Å². The molecule has 0 saturated heterocycles. The third-order valence-corrected chi connectivity index (χ3v) is 4.76. The number of nitrogens with two attached hydrogens (primary N) is 1. The molecule has 3 rings (SSSR count). The fourth-order valence-corrected chi connectivity index (χ4v) is 3.84. The second kappa shape index (κ2) is 5.28. The maximum Gasteiger partial charge on any atom is 0.146 e. The van der Waals surface area contributed by atoms with Gasteiger partial charge in [-0.2, -0.15) is 0 Å². The first-order valence-corrected chi connectivity index (χ1v) is 6.97. The van der Waals surface area contributed by atoms with Crippen molar-refractivity contribution in [2.24, 2.45) is 5.84 Å². The van der Waals surface area contributed by atoms with Crippen molar-refractivity contribution in [3.63, 3.8) is 0 Å². The normalized spacial score (nSPS) is 19.2. The molecule has 0 aliphatic carbocycles. The van der Waals surface area contributed by atoms with E-state index < -0.39 is 0 Å². The Morgan fingerprint density at radius 2 is 2.21 bits per heavy atom. The van der Waals surface area contributed by atoms with Crippen molar-refractivity contribution in [2.75, 3.05) is 0 Å². The Labute approximate surface area is 115 Å². The summed E-state index contributed by atoms with van der Waals surface area (Å²) in [6, 6.07) is 9.71. The van der Waals surface area contributed by atoms with E-state index in [1.54, 1.807) is 24.0 Å². The van der Waals surface area contributed by atoms with Crippen molar-refractivity contribution < 1.29 is 4.39 Å². The average Bonchev–Trinajstić information content (AvgIpc) is 2.85. The zero-order valence-electron chi connectivity index (χ0n) is 10.2. The molecular weight excluding hydrogens is 261 g/mol. The van der Waals surface area contributed by atoms with Crippen LogP contribution in [0.5, 0.6) is 0 Å². The molecule has 1 aromatic carbocycles. The van der Waals surface area contributed by atoms with E-state index in [1.165, 1.54) is 16.7 Å². The summed E-state index contributed by atoms with van der Waals surface area (Å²) in [5, 5.41) is 0.194. The molecule has 0 spiro atoms. The van der Waals surface area contributed by atoms with Crippen molar-refractivity contribution >= 4 is 11.8 Å². The number of benzene rings is 1. The van der Waals surface area contributed by atoms with Gasteiger partial charge in [-0.15, -0.1) is 11.8 Å². The SMILES string of the molecule is NNC(c1ccncc1F)C1Cc2ccccc2S1. The van der Waals surface area contributed by atoms with Crippen LogP contribution in [-0.4, -0.2) is 10.2 Å². The maximum atomic E-state index is 13.8. The molecule has 3 nitrogen and oxygen atoms in total. The molecule has 1 aliphatic heterocycles. The molecule has 0 saturated carbocycles. The van der Waals surface area contributed by atoms with Gasteiger partial charge in [-0.1, -0.05) is 18.2 Å². The highest BCUT2D eigenvalue weighted by Crippen LogP contribution is 2.42. The molecule has 1 aliphatic rings. The first kappa shape index (κ1) is 12.6. The van der Waals surface area contributed by atoms with Gasteiger partial charge in [0, 0.05) is 21.9 Å². The molecule has 0 bridgehead atoms. The van der Waals surface area contributed by atoms with Crippen molar-refractivity contribution in [3.05, 3.63) is 59.7 Å². The Hall–Kier alpha value is -1.43. The molecule has 2 atom stereocenters. The summed E-state index contributed by atoms with van der Waals surface area (Å²) in [6.07, 6.45) is 3.71. The molecule has 2 heterocycles. The van der Waals surface area contributed by atoms with Crippen LogP contribution < -0.4 is 11.3 Å². The molecular formula is C14H14FN3S. The molecule has 3 N–H and O–H groups in total. The number of rotatable bonds is 3. The minimum absolute atomic E-state index is 0.194. The van der Waals surface area contributed by atoms with Gasteiger partial charge in [-0.25, -0.2) is 4.39 Å². The van der Waals surface area contributed by atoms with E-state index in [9.17, 15) is 4.39 Å². The van der Waals surface area contributed by atoms with E-state index in [0.29, 0.717) is 5.56 Å². The second-order valence-corrected chi connectivity index (χ2v) is 5.79. The summed E-state index contributed by atoms with van der Waals surface area (Å²) < 4.78 is 13.8. The zero-order valence-corrected chi connectivity index (χ0v) is 11.0. The maximum absolute atomic E-state index is 13.8. The number of hydrazine groups is 1. The number of nitrogens with one attached hydrogen (secondary N) is 1. The quantitative estimate of drug-likeness (QED) is 0.667.